The summed E-state index contributed by atoms with van der Waals surface area (Å²) in [6, 6.07) is 51.0. The number of fused-ring (bicyclic) bond motifs is 11. The molecule has 6 heteroatoms. The van der Waals surface area contributed by atoms with Crippen LogP contribution in [0.5, 0.6) is 0 Å². The molecule has 0 fully saturated rings. The average molecular weight is 845 g/mol. The standard InChI is InChI=1S/C46H28N2S4.C8H12/c1-26(28-20-22-42-43(24-28)50-41-18-10-9-17-40(41)49-42)47-46-44(33-13-5-8-16-39(33)52-46)27(2)48-36-14-6-3-11-30(36)35-23-29-19-21-32-31-12-4-7-15-38(31)51-45(32)34(29)25-37(35)48;1-4-5-6-7-8(2)3/h3-25H,1H2,2H3;4-7H,2H2,1,3H3/b44-27+,47-46?;5-4-,7-6-. The van der Waals surface area contributed by atoms with Gasteiger partial charge in [0.05, 0.1) is 16.7 Å². The van der Waals surface area contributed by atoms with E-state index < -0.39 is 0 Å². The molecular weight excluding hydrogens is 805 g/mol. The molecule has 0 saturated heterocycles. The third kappa shape index (κ3) is 6.88. The van der Waals surface area contributed by atoms with E-state index in [1.807, 2.05) is 73.0 Å². The smallest absolute Gasteiger partial charge is 0.111 e. The molecule has 2 nitrogen and oxygen atoms in total. The van der Waals surface area contributed by atoms with E-state index in [2.05, 4.69) is 164 Å². The molecule has 0 N–H and O–H groups in total. The SMILES string of the molecule is C=C(C)/C=C\C=C/C.C=C(N=C1Sc2ccccc2/C1=C(/C)n1c2ccccc2c2cc3ccc4c5ccccc5sc4c3cc21)c1ccc2c(c1)Sc1ccccc1S2. The number of nitrogens with zero attached hydrogens (tertiary/aromatic N) is 2. The fourth-order valence-electron chi connectivity index (χ4n) is 8.13. The van der Waals surface area contributed by atoms with E-state index in [0.717, 1.165) is 33.1 Å². The highest BCUT2D eigenvalue weighted by Crippen LogP contribution is 2.50. The van der Waals surface area contributed by atoms with Crippen molar-refractivity contribution < 1.29 is 0 Å². The third-order valence-corrected chi connectivity index (χ3v) is 15.7. The molecule has 0 spiro atoms. The van der Waals surface area contributed by atoms with Gasteiger partial charge in [0.25, 0.3) is 0 Å². The Bertz CT molecular complexity index is 3370. The van der Waals surface area contributed by atoms with E-state index >= 15 is 0 Å². The molecule has 7 aromatic carbocycles. The number of para-hydroxylation sites is 1. The molecular formula is C54H40N2S4. The Labute approximate surface area is 367 Å². The summed E-state index contributed by atoms with van der Waals surface area (Å²) in [6.45, 7) is 14.5. The molecule has 0 atom stereocenters. The molecule has 0 radical (unpaired) electrons. The van der Waals surface area contributed by atoms with Gasteiger partial charge >= 0.3 is 0 Å². The first kappa shape index (κ1) is 38.4. The molecule has 0 amide bonds. The molecule has 0 aliphatic carbocycles. The van der Waals surface area contributed by atoms with E-state index in [9.17, 15) is 0 Å². The van der Waals surface area contributed by atoms with E-state index in [4.69, 9.17) is 4.99 Å². The first-order chi connectivity index (χ1) is 29.4. The van der Waals surface area contributed by atoms with Crippen LogP contribution in [0, 0.1) is 0 Å². The van der Waals surface area contributed by atoms with Crippen LogP contribution < -0.4 is 0 Å². The Balaban J connectivity index is 0.000000495. The number of benzene rings is 7. The van der Waals surface area contributed by atoms with Crippen molar-refractivity contribution in [1.29, 1.82) is 0 Å². The molecule has 0 unspecified atom stereocenters. The van der Waals surface area contributed by atoms with Crippen molar-refractivity contribution in [3.63, 3.8) is 0 Å². The second-order valence-corrected chi connectivity index (χ2v) is 19.2. The number of allylic oxidation sites excluding steroid dienone is 6. The Hall–Kier alpha value is -5.76. The number of thiophene rings is 1. The minimum atomic E-state index is 0.772. The van der Waals surface area contributed by atoms with Gasteiger partial charge in [-0.25, -0.2) is 4.99 Å². The van der Waals surface area contributed by atoms with Crippen LogP contribution in [-0.2, 0) is 0 Å². The van der Waals surface area contributed by atoms with Gasteiger partial charge in [-0.2, -0.15) is 0 Å². The Morgan fingerprint density at radius 3 is 2.08 bits per heavy atom. The summed E-state index contributed by atoms with van der Waals surface area (Å²) in [7, 11) is 0. The van der Waals surface area contributed by atoms with Crippen LogP contribution in [0.1, 0.15) is 31.9 Å². The average Bonchev–Trinajstić information content (AvgIpc) is 3.94. The normalized spacial score (nSPS) is 14.9. The lowest BCUT2D eigenvalue weighted by Gasteiger charge is -2.19. The van der Waals surface area contributed by atoms with Crippen LogP contribution in [0.2, 0.25) is 0 Å². The van der Waals surface area contributed by atoms with Crippen molar-refractivity contribution in [3.05, 3.63) is 194 Å². The number of thioether (sulfide) groups is 1. The van der Waals surface area contributed by atoms with Gasteiger partial charge in [0, 0.05) is 83.2 Å². The summed E-state index contributed by atoms with van der Waals surface area (Å²) in [6.07, 6.45) is 7.91. The topological polar surface area (TPSA) is 17.3 Å². The molecule has 2 aliphatic heterocycles. The van der Waals surface area contributed by atoms with Gasteiger partial charge in [-0.3, -0.25) is 0 Å². The predicted octanol–water partition coefficient (Wildman–Crippen LogP) is 17.2. The summed E-state index contributed by atoms with van der Waals surface area (Å²) >= 11 is 7.29. The molecule has 60 heavy (non-hydrogen) atoms. The summed E-state index contributed by atoms with van der Waals surface area (Å²) in [5, 5.41) is 8.70. The summed E-state index contributed by atoms with van der Waals surface area (Å²) in [4.78, 5) is 11.7. The Kier molecular flexibility index (Phi) is 10.3. The quantitative estimate of drug-likeness (QED) is 0.161. The maximum absolute atomic E-state index is 5.34. The van der Waals surface area contributed by atoms with Gasteiger partial charge in [-0.05, 0) is 80.8 Å². The predicted molar refractivity (Wildman–Crippen MR) is 267 cm³/mol. The second kappa shape index (κ2) is 16.0. The molecule has 2 aliphatic rings. The van der Waals surface area contributed by atoms with Crippen LogP contribution in [-0.4, -0.2) is 9.61 Å². The van der Waals surface area contributed by atoms with Crippen LogP contribution >= 0.6 is 46.6 Å². The van der Waals surface area contributed by atoms with Gasteiger partial charge in [0.1, 0.15) is 5.04 Å². The molecule has 2 aromatic heterocycles. The van der Waals surface area contributed by atoms with Crippen molar-refractivity contribution in [2.45, 2.75) is 45.2 Å². The molecule has 9 aromatic rings. The maximum atomic E-state index is 5.34. The van der Waals surface area contributed by atoms with Crippen molar-refractivity contribution >= 4 is 121 Å². The first-order valence-corrected chi connectivity index (χ1v) is 23.2. The number of hydrogen-bond acceptors (Lipinski definition) is 5. The lowest BCUT2D eigenvalue weighted by atomic mass is 10.0. The fourth-order valence-corrected chi connectivity index (χ4v) is 12.8. The highest BCUT2D eigenvalue weighted by Gasteiger charge is 2.28. The number of hydrogen-bond donors (Lipinski definition) is 0. The zero-order valence-electron chi connectivity index (χ0n) is 33.5. The van der Waals surface area contributed by atoms with Crippen LogP contribution in [0.15, 0.2) is 212 Å². The Morgan fingerprint density at radius 1 is 0.583 bits per heavy atom. The van der Waals surface area contributed by atoms with E-state index in [1.54, 1.807) is 11.8 Å². The summed E-state index contributed by atoms with van der Waals surface area (Å²) < 4.78 is 5.13. The zero-order valence-corrected chi connectivity index (χ0v) is 36.8. The molecule has 0 bridgehead atoms. The molecule has 11 rings (SSSR count). The molecule has 4 heterocycles. The second-order valence-electron chi connectivity index (χ2n) is 14.9. The highest BCUT2D eigenvalue weighted by atomic mass is 32.2. The van der Waals surface area contributed by atoms with Gasteiger partial charge in [-0.1, -0.05) is 163 Å². The molecule has 290 valence electrons. The van der Waals surface area contributed by atoms with Gasteiger partial charge < -0.3 is 4.57 Å². The lowest BCUT2D eigenvalue weighted by molar-refractivity contribution is 1.15. The van der Waals surface area contributed by atoms with Crippen LogP contribution in [0.4, 0.5) is 0 Å². The van der Waals surface area contributed by atoms with E-state index in [1.165, 1.54) is 82.8 Å². The molecule has 0 saturated carbocycles. The van der Waals surface area contributed by atoms with Crippen LogP contribution in [0.3, 0.4) is 0 Å². The van der Waals surface area contributed by atoms with Crippen molar-refractivity contribution in [2.24, 2.45) is 4.99 Å². The number of aliphatic imine (C=N–C) groups is 1. The van der Waals surface area contributed by atoms with Gasteiger partial charge in [0.2, 0.25) is 0 Å². The highest BCUT2D eigenvalue weighted by molar-refractivity contribution is 8.15. The fraction of sp³-hybridized carbons (Fsp3) is 0.0556. The minimum Gasteiger partial charge on any atom is -0.313 e. The van der Waals surface area contributed by atoms with Gasteiger partial charge in [0.15, 0.2) is 0 Å². The maximum Gasteiger partial charge on any atom is 0.111 e. The van der Waals surface area contributed by atoms with Gasteiger partial charge in [-0.15, -0.1) is 11.3 Å². The number of rotatable bonds is 5. The number of aromatic nitrogens is 1. The van der Waals surface area contributed by atoms with Crippen LogP contribution in [0.25, 0.3) is 69.7 Å². The van der Waals surface area contributed by atoms with E-state index in [-0.39, 0.29) is 0 Å². The largest absolute Gasteiger partial charge is 0.313 e. The van der Waals surface area contributed by atoms with Crippen molar-refractivity contribution in [1.82, 2.24) is 4.57 Å². The third-order valence-electron chi connectivity index (χ3n) is 10.9. The lowest BCUT2D eigenvalue weighted by Crippen LogP contribution is -2.01. The minimum absolute atomic E-state index is 0.772. The summed E-state index contributed by atoms with van der Waals surface area (Å²) in [5.74, 6) is 0. The van der Waals surface area contributed by atoms with E-state index in [0.29, 0.717) is 0 Å². The zero-order chi connectivity index (χ0) is 40.9. The monoisotopic (exact) mass is 844 g/mol. The van der Waals surface area contributed by atoms with Crippen molar-refractivity contribution in [2.75, 3.05) is 0 Å². The van der Waals surface area contributed by atoms with Crippen molar-refractivity contribution in [3.8, 4) is 0 Å². The Morgan fingerprint density at radius 2 is 1.28 bits per heavy atom. The first-order valence-electron chi connectivity index (χ1n) is 19.9. The summed E-state index contributed by atoms with van der Waals surface area (Å²) in [5.41, 5.74) is 8.83.